The van der Waals surface area contributed by atoms with Gasteiger partial charge in [-0.3, -0.25) is 4.98 Å². The van der Waals surface area contributed by atoms with E-state index in [9.17, 15) is 0 Å². The van der Waals surface area contributed by atoms with Crippen LogP contribution in [0.2, 0.25) is 0 Å². The van der Waals surface area contributed by atoms with Crippen LogP contribution < -0.4 is 10.1 Å². The number of ether oxygens (including phenoxy) is 1. The van der Waals surface area contributed by atoms with Crippen molar-refractivity contribution in [3.8, 4) is 5.88 Å². The predicted octanol–water partition coefficient (Wildman–Crippen LogP) is 2.94. The Labute approximate surface area is 108 Å². The van der Waals surface area contributed by atoms with Crippen molar-refractivity contribution in [3.63, 3.8) is 0 Å². The van der Waals surface area contributed by atoms with Gasteiger partial charge in [-0.25, -0.2) is 0 Å². The number of halogens is 1. The van der Waals surface area contributed by atoms with E-state index >= 15 is 0 Å². The molecule has 0 saturated carbocycles. The number of hydrogen-bond donors (Lipinski definition) is 1. The molecule has 0 aliphatic heterocycles. The van der Waals surface area contributed by atoms with Gasteiger partial charge in [0, 0.05) is 11.9 Å². The van der Waals surface area contributed by atoms with Gasteiger partial charge in [-0.05, 0) is 12.3 Å². The van der Waals surface area contributed by atoms with Gasteiger partial charge in [0.1, 0.15) is 5.82 Å². The lowest BCUT2D eigenvalue weighted by Crippen LogP contribution is -2.27. The molecule has 0 bridgehead atoms. The number of aromatic nitrogens is 2. The molecule has 1 rings (SSSR count). The van der Waals surface area contributed by atoms with Crippen LogP contribution in [0.25, 0.3) is 0 Å². The molecular weight excluding hydrogens is 238 g/mol. The molecule has 0 aliphatic rings. The summed E-state index contributed by atoms with van der Waals surface area (Å²) in [5.41, 5.74) is 0. The summed E-state index contributed by atoms with van der Waals surface area (Å²) in [7, 11) is 0. The van der Waals surface area contributed by atoms with E-state index < -0.39 is 0 Å². The smallest absolute Gasteiger partial charge is 0.234 e. The second-order valence-electron chi connectivity index (χ2n) is 4.24. The summed E-state index contributed by atoms with van der Waals surface area (Å²) in [4.78, 5) is 8.42. The largest absolute Gasteiger partial charge is 0.477 e. The van der Waals surface area contributed by atoms with E-state index in [0.29, 0.717) is 30.1 Å². The molecule has 0 radical (unpaired) electrons. The molecule has 1 unspecified atom stereocenters. The van der Waals surface area contributed by atoms with E-state index in [1.165, 1.54) is 0 Å². The van der Waals surface area contributed by atoms with Gasteiger partial charge in [0.15, 0.2) is 0 Å². The Hall–Kier alpha value is -1.03. The minimum absolute atomic E-state index is 0.187. The highest BCUT2D eigenvalue weighted by atomic mass is 35.5. The molecule has 0 saturated heterocycles. The minimum Gasteiger partial charge on any atom is -0.477 e. The van der Waals surface area contributed by atoms with Gasteiger partial charge in [0.25, 0.3) is 0 Å². The van der Waals surface area contributed by atoms with Crippen LogP contribution in [-0.4, -0.2) is 28.5 Å². The highest BCUT2D eigenvalue weighted by Crippen LogP contribution is 2.14. The van der Waals surface area contributed by atoms with Gasteiger partial charge in [0.2, 0.25) is 5.88 Å². The summed E-state index contributed by atoms with van der Waals surface area (Å²) in [6.07, 6.45) is 4.25. The summed E-state index contributed by atoms with van der Waals surface area (Å²) in [6.45, 7) is 6.94. The van der Waals surface area contributed by atoms with Crippen LogP contribution in [0.1, 0.15) is 27.2 Å². The van der Waals surface area contributed by atoms with Crippen LogP contribution >= 0.6 is 11.6 Å². The third-order valence-electron chi connectivity index (χ3n) is 2.37. The summed E-state index contributed by atoms with van der Waals surface area (Å²) < 4.78 is 5.42. The summed E-state index contributed by atoms with van der Waals surface area (Å²) >= 11 is 5.89. The molecule has 0 fully saturated rings. The van der Waals surface area contributed by atoms with Gasteiger partial charge in [-0.15, -0.1) is 11.6 Å². The maximum absolute atomic E-state index is 5.89. The van der Waals surface area contributed by atoms with Crippen molar-refractivity contribution in [2.45, 2.75) is 33.2 Å². The zero-order valence-corrected chi connectivity index (χ0v) is 11.4. The van der Waals surface area contributed by atoms with Crippen LogP contribution in [0.15, 0.2) is 12.4 Å². The molecular formula is C12H20ClN3O. The first-order valence-corrected chi connectivity index (χ1v) is 6.48. The molecule has 1 aromatic heterocycles. The average molecular weight is 258 g/mol. The highest BCUT2D eigenvalue weighted by molar-refractivity contribution is 6.18. The minimum atomic E-state index is 0.187. The van der Waals surface area contributed by atoms with Gasteiger partial charge in [-0.2, -0.15) is 4.98 Å². The maximum atomic E-state index is 5.89. The molecule has 0 amide bonds. The van der Waals surface area contributed by atoms with Gasteiger partial charge >= 0.3 is 0 Å². The molecule has 1 aromatic rings. The second-order valence-corrected chi connectivity index (χ2v) is 4.55. The second kappa shape index (κ2) is 7.33. The fraction of sp³-hybridized carbons (Fsp3) is 0.667. The lowest BCUT2D eigenvalue weighted by atomic mass is 10.1. The predicted molar refractivity (Wildman–Crippen MR) is 70.8 cm³/mol. The molecule has 96 valence electrons. The highest BCUT2D eigenvalue weighted by Gasteiger charge is 2.12. The molecule has 1 N–H and O–H groups in total. The van der Waals surface area contributed by atoms with Crippen molar-refractivity contribution in [1.29, 1.82) is 0 Å². The fourth-order valence-corrected chi connectivity index (χ4v) is 1.70. The molecule has 4 nitrogen and oxygen atoms in total. The molecule has 1 atom stereocenters. The van der Waals surface area contributed by atoms with Gasteiger partial charge < -0.3 is 10.1 Å². The number of anilines is 1. The van der Waals surface area contributed by atoms with Gasteiger partial charge in [-0.1, -0.05) is 20.8 Å². The Morgan fingerprint density at radius 2 is 2.18 bits per heavy atom. The van der Waals surface area contributed by atoms with E-state index in [0.717, 1.165) is 6.42 Å². The number of rotatable bonds is 7. The first-order chi connectivity index (χ1) is 8.17. The van der Waals surface area contributed by atoms with E-state index in [4.69, 9.17) is 16.3 Å². The lowest BCUT2D eigenvalue weighted by Gasteiger charge is -2.20. The van der Waals surface area contributed by atoms with Crippen molar-refractivity contribution in [2.24, 2.45) is 5.92 Å². The summed E-state index contributed by atoms with van der Waals surface area (Å²) in [6, 6.07) is 0.187. The Kier molecular flexibility index (Phi) is 6.05. The third-order valence-corrected chi connectivity index (χ3v) is 2.70. The topological polar surface area (TPSA) is 47.0 Å². The molecule has 0 aliphatic carbocycles. The zero-order chi connectivity index (χ0) is 12.7. The number of nitrogens with one attached hydrogen (secondary N) is 1. The molecule has 0 aromatic carbocycles. The standard InChI is InChI=1S/C12H20ClN3O/c1-4-5-17-12-8-14-7-11(16-12)15-10(6-13)9(2)3/h7-10H,4-6H2,1-3H3,(H,15,16). The van der Waals surface area contributed by atoms with Crippen molar-refractivity contribution in [1.82, 2.24) is 9.97 Å². The zero-order valence-electron chi connectivity index (χ0n) is 10.6. The third kappa shape index (κ3) is 4.77. The van der Waals surface area contributed by atoms with Crippen LogP contribution in [-0.2, 0) is 0 Å². The van der Waals surface area contributed by atoms with Gasteiger partial charge in [0.05, 0.1) is 19.0 Å². The van der Waals surface area contributed by atoms with E-state index in [-0.39, 0.29) is 6.04 Å². The van der Waals surface area contributed by atoms with E-state index in [2.05, 4.69) is 36.1 Å². The van der Waals surface area contributed by atoms with Crippen LogP contribution in [0.5, 0.6) is 5.88 Å². The Bertz CT molecular complexity index is 333. The molecule has 5 heteroatoms. The number of hydrogen-bond acceptors (Lipinski definition) is 4. The fourth-order valence-electron chi connectivity index (χ4n) is 1.27. The molecule has 0 spiro atoms. The Balaban J connectivity index is 2.64. The molecule has 1 heterocycles. The summed E-state index contributed by atoms with van der Waals surface area (Å²) in [5, 5.41) is 3.26. The quantitative estimate of drug-likeness (QED) is 0.763. The molecule has 17 heavy (non-hydrogen) atoms. The first-order valence-electron chi connectivity index (χ1n) is 5.94. The lowest BCUT2D eigenvalue weighted by molar-refractivity contribution is 0.304. The van der Waals surface area contributed by atoms with Crippen molar-refractivity contribution in [3.05, 3.63) is 12.4 Å². The van der Waals surface area contributed by atoms with Crippen LogP contribution in [0.3, 0.4) is 0 Å². The monoisotopic (exact) mass is 257 g/mol. The number of nitrogens with zero attached hydrogens (tertiary/aromatic N) is 2. The van der Waals surface area contributed by atoms with Crippen molar-refractivity contribution >= 4 is 17.4 Å². The van der Waals surface area contributed by atoms with E-state index in [1.807, 2.05) is 0 Å². The van der Waals surface area contributed by atoms with E-state index in [1.54, 1.807) is 12.4 Å². The average Bonchev–Trinajstić information content (AvgIpc) is 2.33. The Morgan fingerprint density at radius 3 is 2.76 bits per heavy atom. The SMILES string of the molecule is CCCOc1cncc(NC(CCl)C(C)C)n1. The number of alkyl halides is 1. The van der Waals surface area contributed by atoms with Crippen molar-refractivity contribution < 1.29 is 4.74 Å². The van der Waals surface area contributed by atoms with Crippen LogP contribution in [0.4, 0.5) is 5.82 Å². The first kappa shape index (κ1) is 14.0. The summed E-state index contributed by atoms with van der Waals surface area (Å²) in [5.74, 6) is 2.24. The normalized spacial score (nSPS) is 12.5. The Morgan fingerprint density at radius 1 is 1.41 bits per heavy atom. The maximum Gasteiger partial charge on any atom is 0.234 e. The van der Waals surface area contributed by atoms with Crippen LogP contribution in [0, 0.1) is 5.92 Å². The van der Waals surface area contributed by atoms with Crippen molar-refractivity contribution in [2.75, 3.05) is 17.8 Å².